The van der Waals surface area contributed by atoms with E-state index in [-0.39, 0.29) is 0 Å². The number of aromatic nitrogens is 4. The zero-order valence-corrected chi connectivity index (χ0v) is 15.4. The quantitative estimate of drug-likeness (QED) is 0.416. The molecule has 0 atom stereocenters. The van der Waals surface area contributed by atoms with E-state index in [0.29, 0.717) is 22.5 Å². The van der Waals surface area contributed by atoms with Gasteiger partial charge in [-0.05, 0) is 36.4 Å². The number of anilines is 2. The smallest absolute Gasteiger partial charge is 0.338 e. The topological polar surface area (TPSA) is 55.6 Å². The standard InChI is InChI=1S/C22H14F3N5/c23-22(24,25)15-5-3-6-17(10-15)30-13-26-19-11-16(8-9-20(19)30)28-21-18-7-2-1-4-14(18)12-27-29-21/h1-13H,(H,28,29). The highest BCUT2D eigenvalue weighted by molar-refractivity contribution is 5.93. The van der Waals surface area contributed by atoms with Gasteiger partial charge in [0.25, 0.3) is 0 Å². The Morgan fingerprint density at radius 2 is 1.77 bits per heavy atom. The summed E-state index contributed by atoms with van der Waals surface area (Å²) in [5.74, 6) is 0.616. The van der Waals surface area contributed by atoms with Crippen molar-refractivity contribution in [1.29, 1.82) is 0 Å². The molecule has 5 nitrogen and oxygen atoms in total. The van der Waals surface area contributed by atoms with Crippen LogP contribution in [-0.4, -0.2) is 19.7 Å². The number of hydrogen-bond acceptors (Lipinski definition) is 4. The Labute approximate surface area is 168 Å². The van der Waals surface area contributed by atoms with Gasteiger partial charge < -0.3 is 5.32 Å². The van der Waals surface area contributed by atoms with Crippen LogP contribution in [0.15, 0.2) is 79.3 Å². The summed E-state index contributed by atoms with van der Waals surface area (Å²) in [6.45, 7) is 0. The molecule has 8 heteroatoms. The molecular formula is C22H14F3N5. The van der Waals surface area contributed by atoms with Crippen LogP contribution in [-0.2, 0) is 6.18 Å². The molecule has 3 aromatic carbocycles. The molecule has 0 saturated heterocycles. The highest BCUT2D eigenvalue weighted by Gasteiger charge is 2.30. The zero-order valence-electron chi connectivity index (χ0n) is 15.4. The van der Waals surface area contributed by atoms with Gasteiger partial charge in [-0.3, -0.25) is 4.57 Å². The van der Waals surface area contributed by atoms with Crippen molar-refractivity contribution in [1.82, 2.24) is 19.7 Å². The van der Waals surface area contributed by atoms with Crippen molar-refractivity contribution in [2.45, 2.75) is 6.18 Å². The second kappa shape index (κ2) is 6.84. The summed E-state index contributed by atoms with van der Waals surface area (Å²) in [4.78, 5) is 4.36. The third kappa shape index (κ3) is 3.22. The van der Waals surface area contributed by atoms with Gasteiger partial charge in [0, 0.05) is 22.1 Å². The summed E-state index contributed by atoms with van der Waals surface area (Å²) in [7, 11) is 0. The molecule has 5 aromatic rings. The molecule has 148 valence electrons. The maximum absolute atomic E-state index is 13.1. The lowest BCUT2D eigenvalue weighted by atomic mass is 10.2. The molecule has 5 rings (SSSR count). The number of imidazole rings is 1. The third-order valence-electron chi connectivity index (χ3n) is 4.83. The number of benzene rings is 3. The van der Waals surface area contributed by atoms with E-state index in [1.54, 1.807) is 16.8 Å². The van der Waals surface area contributed by atoms with Gasteiger partial charge in [-0.2, -0.15) is 18.3 Å². The average Bonchev–Trinajstić information content (AvgIpc) is 3.17. The molecule has 0 spiro atoms. The molecule has 1 N–H and O–H groups in total. The normalized spacial score (nSPS) is 11.8. The van der Waals surface area contributed by atoms with Crippen molar-refractivity contribution in [3.63, 3.8) is 0 Å². The Kier molecular flexibility index (Phi) is 4.13. The summed E-state index contributed by atoms with van der Waals surface area (Å²) in [6, 6.07) is 18.4. The highest BCUT2D eigenvalue weighted by atomic mass is 19.4. The predicted molar refractivity (Wildman–Crippen MR) is 109 cm³/mol. The van der Waals surface area contributed by atoms with Crippen LogP contribution in [0, 0.1) is 0 Å². The van der Waals surface area contributed by atoms with Gasteiger partial charge in [0.1, 0.15) is 6.33 Å². The second-order valence-corrected chi connectivity index (χ2v) is 6.77. The molecule has 0 fully saturated rings. The van der Waals surface area contributed by atoms with Crippen LogP contribution in [0.25, 0.3) is 27.5 Å². The molecule has 0 bridgehead atoms. The molecule has 0 aliphatic rings. The van der Waals surface area contributed by atoms with Crippen LogP contribution in [0.3, 0.4) is 0 Å². The van der Waals surface area contributed by atoms with E-state index in [4.69, 9.17) is 0 Å². The van der Waals surface area contributed by atoms with Crippen molar-refractivity contribution >= 4 is 33.3 Å². The Balaban J connectivity index is 1.51. The molecule has 0 unspecified atom stereocenters. The first-order valence-electron chi connectivity index (χ1n) is 9.11. The molecule has 2 heterocycles. The largest absolute Gasteiger partial charge is 0.416 e. The summed E-state index contributed by atoms with van der Waals surface area (Å²) in [5.41, 5.74) is 1.79. The van der Waals surface area contributed by atoms with Crippen molar-refractivity contribution in [2.24, 2.45) is 0 Å². The van der Waals surface area contributed by atoms with Crippen LogP contribution < -0.4 is 5.32 Å². The molecule has 0 radical (unpaired) electrons. The minimum atomic E-state index is -4.40. The summed E-state index contributed by atoms with van der Waals surface area (Å²) in [5, 5.41) is 13.3. The number of nitrogens with zero attached hydrogens (tertiary/aromatic N) is 4. The van der Waals surface area contributed by atoms with Crippen LogP contribution >= 0.6 is 0 Å². The average molecular weight is 405 g/mol. The van der Waals surface area contributed by atoms with E-state index >= 15 is 0 Å². The summed E-state index contributed by atoms with van der Waals surface area (Å²) < 4.78 is 40.8. The lowest BCUT2D eigenvalue weighted by Gasteiger charge is -2.10. The van der Waals surface area contributed by atoms with Crippen LogP contribution in [0.5, 0.6) is 0 Å². The minimum absolute atomic E-state index is 0.396. The van der Waals surface area contributed by atoms with Gasteiger partial charge >= 0.3 is 6.18 Å². The Morgan fingerprint density at radius 3 is 2.63 bits per heavy atom. The number of hydrogen-bond donors (Lipinski definition) is 1. The van der Waals surface area contributed by atoms with Gasteiger partial charge in [0.15, 0.2) is 5.82 Å². The lowest BCUT2D eigenvalue weighted by Crippen LogP contribution is -2.05. The lowest BCUT2D eigenvalue weighted by molar-refractivity contribution is -0.137. The Morgan fingerprint density at radius 1 is 0.900 bits per heavy atom. The van der Waals surface area contributed by atoms with E-state index in [1.807, 2.05) is 42.5 Å². The maximum Gasteiger partial charge on any atom is 0.416 e. The molecule has 0 saturated carbocycles. The number of fused-ring (bicyclic) bond motifs is 2. The highest BCUT2D eigenvalue weighted by Crippen LogP contribution is 2.31. The van der Waals surface area contributed by atoms with Gasteiger partial charge in [-0.25, -0.2) is 4.98 Å². The first-order chi connectivity index (χ1) is 14.5. The van der Waals surface area contributed by atoms with Crippen molar-refractivity contribution < 1.29 is 13.2 Å². The van der Waals surface area contributed by atoms with Crippen LogP contribution in [0.2, 0.25) is 0 Å². The molecule has 0 aliphatic carbocycles. The fourth-order valence-corrected chi connectivity index (χ4v) is 3.39. The Bertz CT molecular complexity index is 1370. The zero-order chi connectivity index (χ0) is 20.7. The first kappa shape index (κ1) is 18.1. The fraction of sp³-hybridized carbons (Fsp3) is 0.0455. The van der Waals surface area contributed by atoms with E-state index in [9.17, 15) is 13.2 Å². The summed E-state index contributed by atoms with van der Waals surface area (Å²) >= 11 is 0. The molecule has 2 aromatic heterocycles. The number of halogens is 3. The maximum atomic E-state index is 13.1. The number of nitrogens with one attached hydrogen (secondary N) is 1. The molecule has 0 amide bonds. The Hall–Kier alpha value is -3.94. The van der Waals surface area contributed by atoms with E-state index in [2.05, 4.69) is 20.5 Å². The molecule has 0 aliphatic heterocycles. The first-order valence-corrected chi connectivity index (χ1v) is 9.11. The van der Waals surface area contributed by atoms with Crippen molar-refractivity contribution in [2.75, 3.05) is 5.32 Å². The summed E-state index contributed by atoms with van der Waals surface area (Å²) in [6.07, 6.45) is -1.19. The van der Waals surface area contributed by atoms with Crippen LogP contribution in [0.1, 0.15) is 5.56 Å². The molecule has 30 heavy (non-hydrogen) atoms. The van der Waals surface area contributed by atoms with Gasteiger partial charge in [0.05, 0.1) is 22.8 Å². The van der Waals surface area contributed by atoms with Gasteiger partial charge in [-0.1, -0.05) is 30.3 Å². The van der Waals surface area contributed by atoms with E-state index < -0.39 is 11.7 Å². The van der Waals surface area contributed by atoms with Crippen molar-refractivity contribution in [3.8, 4) is 5.69 Å². The monoisotopic (exact) mass is 405 g/mol. The van der Waals surface area contributed by atoms with Gasteiger partial charge in [0.2, 0.25) is 0 Å². The minimum Gasteiger partial charge on any atom is -0.338 e. The molecular weight excluding hydrogens is 391 g/mol. The van der Waals surface area contributed by atoms with E-state index in [1.165, 1.54) is 12.4 Å². The van der Waals surface area contributed by atoms with E-state index in [0.717, 1.165) is 28.6 Å². The second-order valence-electron chi connectivity index (χ2n) is 6.77. The number of rotatable bonds is 3. The third-order valence-corrected chi connectivity index (χ3v) is 4.83. The predicted octanol–water partition coefficient (Wildman–Crippen LogP) is 5.73. The van der Waals surface area contributed by atoms with Crippen LogP contribution in [0.4, 0.5) is 24.7 Å². The SMILES string of the molecule is FC(F)(F)c1cccc(-n2cnc3cc(Nc4nncc5ccccc45)ccc32)c1. The number of alkyl halides is 3. The van der Waals surface area contributed by atoms with Crippen molar-refractivity contribution in [3.05, 3.63) is 84.8 Å². The van der Waals surface area contributed by atoms with Gasteiger partial charge in [-0.15, -0.1) is 5.10 Å². The fourth-order valence-electron chi connectivity index (χ4n) is 3.39.